The number of nitrogens with one attached hydrogen (secondary N) is 2. The van der Waals surface area contributed by atoms with E-state index >= 15 is 0 Å². The molecule has 0 atom stereocenters. The number of aromatic nitrogens is 1. The molecule has 0 radical (unpaired) electrons. The highest BCUT2D eigenvalue weighted by atomic mass is 79.9. The molecule has 118 valence electrons. The van der Waals surface area contributed by atoms with E-state index < -0.39 is 21.8 Å². The molecule has 2 rings (SSSR count). The van der Waals surface area contributed by atoms with Crippen LogP contribution in [-0.4, -0.2) is 24.8 Å². The van der Waals surface area contributed by atoms with E-state index in [0.717, 1.165) is 21.9 Å². The van der Waals surface area contributed by atoms with Gasteiger partial charge in [0.1, 0.15) is 9.90 Å². The van der Waals surface area contributed by atoms with Gasteiger partial charge in [-0.25, -0.2) is 13.6 Å². The Balaban J connectivity index is 2.02. The molecule has 2 aromatic rings. The van der Waals surface area contributed by atoms with Crippen LogP contribution in [0.15, 0.2) is 32.4 Å². The van der Waals surface area contributed by atoms with Crippen molar-refractivity contribution < 1.29 is 18.0 Å². The van der Waals surface area contributed by atoms with E-state index in [1.54, 1.807) is 23.9 Å². The molecule has 0 fully saturated rings. The van der Waals surface area contributed by atoms with Gasteiger partial charge in [0.2, 0.25) is 10.0 Å². The van der Waals surface area contributed by atoms with Gasteiger partial charge in [0.05, 0.1) is 5.56 Å². The monoisotopic (exact) mass is 406 g/mol. The fourth-order valence-corrected chi connectivity index (χ4v) is 3.69. The number of nitrogens with zero attached hydrogens (tertiary/aromatic N) is 1. The zero-order chi connectivity index (χ0) is 16.5. The zero-order valence-electron chi connectivity index (χ0n) is 11.2. The average Bonchev–Trinajstić information content (AvgIpc) is 3.01. The van der Waals surface area contributed by atoms with E-state index in [4.69, 9.17) is 5.14 Å². The molecule has 0 aliphatic carbocycles. The summed E-state index contributed by atoms with van der Waals surface area (Å²) >= 11 is 4.06. The number of rotatable bonds is 3. The molecule has 0 bridgehead atoms. The van der Waals surface area contributed by atoms with Crippen LogP contribution >= 0.6 is 27.3 Å². The number of carbonyl (C=O) groups is 2. The van der Waals surface area contributed by atoms with Gasteiger partial charge < -0.3 is 4.57 Å². The number of thiophene rings is 1. The van der Waals surface area contributed by atoms with Gasteiger partial charge in [0, 0.05) is 23.1 Å². The van der Waals surface area contributed by atoms with Crippen molar-refractivity contribution in [3.63, 3.8) is 0 Å². The minimum Gasteiger partial charge on any atom is -0.345 e. The lowest BCUT2D eigenvalue weighted by molar-refractivity contribution is 0.0842. The third-order valence-corrected chi connectivity index (χ3v) is 5.43. The molecule has 2 aromatic heterocycles. The van der Waals surface area contributed by atoms with E-state index in [1.807, 2.05) is 0 Å². The number of hydrogen-bond acceptors (Lipinski definition) is 5. The first-order valence-electron chi connectivity index (χ1n) is 5.72. The summed E-state index contributed by atoms with van der Waals surface area (Å²) in [5.41, 5.74) is 4.87. The first kappa shape index (κ1) is 16.7. The molecule has 0 aliphatic rings. The maximum Gasteiger partial charge on any atom is 0.286 e. The minimum atomic E-state index is -3.85. The lowest BCUT2D eigenvalue weighted by atomic mass is 10.3. The molecule has 0 spiro atoms. The summed E-state index contributed by atoms with van der Waals surface area (Å²) < 4.78 is 24.5. The van der Waals surface area contributed by atoms with Crippen LogP contribution in [0.2, 0.25) is 0 Å². The van der Waals surface area contributed by atoms with Gasteiger partial charge in [0.25, 0.3) is 11.8 Å². The minimum absolute atomic E-state index is 0.0855. The fourth-order valence-electron chi connectivity index (χ4n) is 1.58. The Morgan fingerprint density at radius 2 is 1.91 bits per heavy atom. The van der Waals surface area contributed by atoms with Gasteiger partial charge in [-0.15, -0.1) is 11.3 Å². The maximum atomic E-state index is 11.9. The molecule has 0 saturated heterocycles. The Kier molecular flexibility index (Phi) is 4.70. The number of halogens is 1. The second kappa shape index (κ2) is 6.20. The van der Waals surface area contributed by atoms with Crippen molar-refractivity contribution in [3.05, 3.63) is 39.4 Å². The second-order valence-corrected chi connectivity index (χ2v) is 7.88. The standard InChI is InChI=1S/C11H11BrN4O4S2/c1-16-4-7(12)3-8(16)11(18)15-14-10(17)6-2-9(21-5-6)22(13,19)20/h2-5H,1H3,(H,14,17)(H,15,18)(H2,13,19,20). The molecule has 2 amide bonds. The number of hydrogen-bond donors (Lipinski definition) is 3. The molecule has 2 heterocycles. The lowest BCUT2D eigenvalue weighted by Crippen LogP contribution is -2.42. The van der Waals surface area contributed by atoms with Gasteiger partial charge in [-0.2, -0.15) is 0 Å². The highest BCUT2D eigenvalue weighted by molar-refractivity contribution is 9.10. The Bertz CT molecular complexity index is 840. The Labute approximate surface area is 138 Å². The predicted molar refractivity (Wildman–Crippen MR) is 83.7 cm³/mol. The van der Waals surface area contributed by atoms with Gasteiger partial charge in [-0.3, -0.25) is 20.4 Å². The first-order valence-corrected chi connectivity index (χ1v) is 8.94. The lowest BCUT2D eigenvalue weighted by Gasteiger charge is -2.06. The molecule has 0 unspecified atom stereocenters. The van der Waals surface area contributed by atoms with Crippen LogP contribution < -0.4 is 16.0 Å². The van der Waals surface area contributed by atoms with Crippen molar-refractivity contribution >= 4 is 49.1 Å². The number of primary sulfonamides is 1. The SMILES string of the molecule is Cn1cc(Br)cc1C(=O)NNC(=O)c1csc(S(N)(=O)=O)c1. The molecule has 4 N–H and O–H groups in total. The van der Waals surface area contributed by atoms with E-state index in [1.165, 1.54) is 5.38 Å². The summed E-state index contributed by atoms with van der Waals surface area (Å²) in [4.78, 5) is 23.7. The maximum absolute atomic E-state index is 11.9. The number of aryl methyl sites for hydroxylation is 1. The van der Waals surface area contributed by atoms with Crippen LogP contribution in [0.5, 0.6) is 0 Å². The topological polar surface area (TPSA) is 123 Å². The molecular weight excluding hydrogens is 396 g/mol. The summed E-state index contributed by atoms with van der Waals surface area (Å²) in [5, 5.41) is 6.30. The highest BCUT2D eigenvalue weighted by Gasteiger charge is 2.16. The Morgan fingerprint density at radius 1 is 1.27 bits per heavy atom. The van der Waals surface area contributed by atoms with Crippen molar-refractivity contribution in [2.75, 3.05) is 0 Å². The van der Waals surface area contributed by atoms with Crippen molar-refractivity contribution in [2.45, 2.75) is 4.21 Å². The Hall–Kier alpha value is -1.69. The fraction of sp³-hybridized carbons (Fsp3) is 0.0909. The van der Waals surface area contributed by atoms with Crippen molar-refractivity contribution in [3.8, 4) is 0 Å². The molecular formula is C11H11BrN4O4S2. The smallest absolute Gasteiger partial charge is 0.286 e. The molecule has 0 saturated carbocycles. The second-order valence-electron chi connectivity index (χ2n) is 4.26. The number of amides is 2. The molecule has 0 aliphatic heterocycles. The first-order chi connectivity index (χ1) is 10.2. The summed E-state index contributed by atoms with van der Waals surface area (Å²) in [5.74, 6) is -1.16. The largest absolute Gasteiger partial charge is 0.345 e. The predicted octanol–water partition coefficient (Wildman–Crippen LogP) is 0.571. The number of nitrogens with two attached hydrogens (primary N) is 1. The van der Waals surface area contributed by atoms with Crippen LogP contribution in [0.3, 0.4) is 0 Å². The van der Waals surface area contributed by atoms with Crippen LogP contribution in [0, 0.1) is 0 Å². The highest BCUT2D eigenvalue weighted by Crippen LogP contribution is 2.18. The van der Waals surface area contributed by atoms with Crippen molar-refractivity contribution in [2.24, 2.45) is 12.2 Å². The van der Waals surface area contributed by atoms with Crippen molar-refractivity contribution in [1.29, 1.82) is 0 Å². The number of hydrazine groups is 1. The van der Waals surface area contributed by atoms with E-state index in [9.17, 15) is 18.0 Å². The van der Waals surface area contributed by atoms with Gasteiger partial charge in [-0.05, 0) is 28.1 Å². The van der Waals surface area contributed by atoms with Crippen LogP contribution in [0.25, 0.3) is 0 Å². The summed E-state index contributed by atoms with van der Waals surface area (Å²) in [6.45, 7) is 0. The van der Waals surface area contributed by atoms with Crippen LogP contribution in [0.1, 0.15) is 20.8 Å². The Morgan fingerprint density at radius 3 is 2.41 bits per heavy atom. The van der Waals surface area contributed by atoms with E-state index in [0.29, 0.717) is 5.69 Å². The number of sulfonamides is 1. The van der Waals surface area contributed by atoms with Crippen molar-refractivity contribution in [1.82, 2.24) is 15.4 Å². The van der Waals surface area contributed by atoms with Gasteiger partial charge >= 0.3 is 0 Å². The van der Waals surface area contributed by atoms with Gasteiger partial charge in [-0.1, -0.05) is 0 Å². The third-order valence-electron chi connectivity index (χ3n) is 2.61. The average molecular weight is 407 g/mol. The van der Waals surface area contributed by atoms with Crippen LogP contribution in [0.4, 0.5) is 0 Å². The number of carbonyl (C=O) groups excluding carboxylic acids is 2. The molecule has 22 heavy (non-hydrogen) atoms. The normalized spacial score (nSPS) is 11.2. The van der Waals surface area contributed by atoms with E-state index in [2.05, 4.69) is 26.8 Å². The molecule has 8 nitrogen and oxygen atoms in total. The quantitative estimate of drug-likeness (QED) is 0.644. The van der Waals surface area contributed by atoms with Gasteiger partial charge in [0.15, 0.2) is 0 Å². The van der Waals surface area contributed by atoms with Crippen LogP contribution in [-0.2, 0) is 17.1 Å². The third kappa shape index (κ3) is 3.74. The summed E-state index contributed by atoms with van der Waals surface area (Å²) in [6.07, 6.45) is 1.69. The summed E-state index contributed by atoms with van der Waals surface area (Å²) in [7, 11) is -2.17. The zero-order valence-corrected chi connectivity index (χ0v) is 14.4. The molecule has 11 heteroatoms. The van der Waals surface area contributed by atoms with E-state index in [-0.39, 0.29) is 9.77 Å². The summed E-state index contributed by atoms with van der Waals surface area (Å²) in [6, 6.07) is 2.73. The molecule has 0 aromatic carbocycles.